The number of hydrogen-bond acceptors (Lipinski definition) is 8. The summed E-state index contributed by atoms with van der Waals surface area (Å²) >= 11 is 0. The number of hydrogen-bond donors (Lipinski definition) is 2. The highest BCUT2D eigenvalue weighted by Gasteiger charge is 2.27. The van der Waals surface area contributed by atoms with Crippen LogP contribution < -0.4 is 14.8 Å². The number of halogens is 1. The van der Waals surface area contributed by atoms with Gasteiger partial charge >= 0.3 is 0 Å². The molecule has 0 aliphatic carbocycles. The average Bonchev–Trinajstić information content (AvgIpc) is 2.87. The Labute approximate surface area is 197 Å². The van der Waals surface area contributed by atoms with Gasteiger partial charge in [-0.25, -0.2) is 4.39 Å². The van der Waals surface area contributed by atoms with Crippen LogP contribution in [0.1, 0.15) is 35.8 Å². The van der Waals surface area contributed by atoms with Gasteiger partial charge in [-0.3, -0.25) is 9.97 Å². The first-order valence-electron chi connectivity index (χ1n) is 11.5. The summed E-state index contributed by atoms with van der Waals surface area (Å²) in [6.45, 7) is 2.17. The number of aromatic nitrogens is 2. The van der Waals surface area contributed by atoms with E-state index in [-0.39, 0.29) is 18.0 Å². The SMILES string of the molecule is COc1ccc2ncc(F)c(C(O)CC3OCC(NCc4cc5c(cn4)OCCC5)CO3)c2c1. The van der Waals surface area contributed by atoms with Crippen LogP contribution in [0, 0.1) is 5.82 Å². The molecule has 34 heavy (non-hydrogen) atoms. The number of ether oxygens (including phenoxy) is 4. The van der Waals surface area contributed by atoms with Crippen molar-refractivity contribution in [2.45, 2.75) is 44.2 Å². The van der Waals surface area contributed by atoms with Gasteiger partial charge in [-0.15, -0.1) is 0 Å². The molecule has 2 aliphatic heterocycles. The van der Waals surface area contributed by atoms with Gasteiger partial charge in [-0.2, -0.15) is 0 Å². The van der Waals surface area contributed by atoms with E-state index in [1.54, 1.807) is 24.4 Å². The lowest BCUT2D eigenvalue weighted by atomic mass is 10.0. The van der Waals surface area contributed by atoms with Crippen molar-refractivity contribution >= 4 is 10.9 Å². The summed E-state index contributed by atoms with van der Waals surface area (Å²) in [5, 5.41) is 14.7. The van der Waals surface area contributed by atoms with E-state index in [9.17, 15) is 9.50 Å². The molecule has 1 unspecified atom stereocenters. The fraction of sp³-hybridized carbons (Fsp3) is 0.440. The van der Waals surface area contributed by atoms with Gasteiger partial charge in [0.1, 0.15) is 17.3 Å². The number of methoxy groups -OCH3 is 1. The molecule has 2 N–H and O–H groups in total. The molecule has 4 heterocycles. The number of aryl methyl sites for hydroxylation is 1. The first-order valence-corrected chi connectivity index (χ1v) is 11.5. The number of benzene rings is 1. The Balaban J connectivity index is 1.16. The number of aliphatic hydroxyl groups excluding tert-OH is 1. The van der Waals surface area contributed by atoms with Gasteiger partial charge in [0.05, 0.1) is 62.7 Å². The van der Waals surface area contributed by atoms with Crippen molar-refractivity contribution in [3.05, 3.63) is 59.3 Å². The zero-order valence-corrected chi connectivity index (χ0v) is 19.0. The van der Waals surface area contributed by atoms with Crippen LogP contribution in [0.2, 0.25) is 0 Å². The van der Waals surface area contributed by atoms with Crippen LogP contribution in [0.4, 0.5) is 4.39 Å². The van der Waals surface area contributed by atoms with Crippen LogP contribution in [0.25, 0.3) is 10.9 Å². The summed E-state index contributed by atoms with van der Waals surface area (Å²) in [7, 11) is 1.54. The lowest BCUT2D eigenvalue weighted by Gasteiger charge is -2.31. The molecule has 0 spiro atoms. The van der Waals surface area contributed by atoms with Gasteiger partial charge in [0.25, 0.3) is 0 Å². The number of fused-ring (bicyclic) bond motifs is 2. The fourth-order valence-corrected chi connectivity index (χ4v) is 4.38. The highest BCUT2D eigenvalue weighted by molar-refractivity contribution is 5.84. The lowest BCUT2D eigenvalue weighted by Crippen LogP contribution is -2.44. The van der Waals surface area contributed by atoms with Gasteiger partial charge in [0, 0.05) is 23.9 Å². The summed E-state index contributed by atoms with van der Waals surface area (Å²) in [6, 6.07) is 7.22. The zero-order chi connectivity index (χ0) is 23.5. The molecule has 5 rings (SSSR count). The Kier molecular flexibility index (Phi) is 6.87. The molecular weight excluding hydrogens is 441 g/mol. The van der Waals surface area contributed by atoms with Crippen LogP contribution in [0.3, 0.4) is 0 Å². The largest absolute Gasteiger partial charge is 0.497 e. The maximum atomic E-state index is 14.6. The molecule has 1 atom stereocenters. The minimum atomic E-state index is -1.12. The van der Waals surface area contributed by atoms with Crippen molar-refractivity contribution in [1.29, 1.82) is 0 Å². The van der Waals surface area contributed by atoms with Crippen molar-refractivity contribution in [1.82, 2.24) is 15.3 Å². The molecule has 2 aromatic heterocycles. The average molecular weight is 470 g/mol. The molecule has 2 aliphatic rings. The standard InChI is InChI=1S/C25H28FN3O5/c1-31-18-4-5-21-19(8-18)25(20(26)11-29-21)22(30)9-24-33-13-17(14-34-24)27-10-16-7-15-3-2-6-32-23(15)12-28-16/h4-5,7-8,11-12,17,22,24,27,30H,2-3,6,9-10,13-14H2,1H3. The summed E-state index contributed by atoms with van der Waals surface area (Å²) in [6.07, 6.45) is 3.28. The first-order chi connectivity index (χ1) is 16.6. The van der Waals surface area contributed by atoms with Crippen LogP contribution in [-0.4, -0.2) is 54.3 Å². The molecule has 1 aromatic carbocycles. The van der Waals surface area contributed by atoms with Gasteiger partial charge in [-0.1, -0.05) is 0 Å². The number of nitrogens with one attached hydrogen (secondary N) is 1. The second-order valence-corrected chi connectivity index (χ2v) is 8.56. The molecule has 8 nitrogen and oxygen atoms in total. The summed E-state index contributed by atoms with van der Waals surface area (Å²) < 4.78 is 37.1. The van der Waals surface area contributed by atoms with Crippen LogP contribution in [-0.2, 0) is 22.4 Å². The van der Waals surface area contributed by atoms with Crippen molar-refractivity contribution in [3.8, 4) is 11.5 Å². The number of nitrogens with zero attached hydrogens (tertiary/aromatic N) is 2. The van der Waals surface area contributed by atoms with E-state index in [1.165, 1.54) is 12.7 Å². The molecule has 1 fully saturated rings. The van der Waals surface area contributed by atoms with Crippen molar-refractivity contribution in [3.63, 3.8) is 0 Å². The zero-order valence-electron chi connectivity index (χ0n) is 19.0. The number of aliphatic hydroxyl groups is 1. The van der Waals surface area contributed by atoms with E-state index >= 15 is 0 Å². The molecule has 0 radical (unpaired) electrons. The monoisotopic (exact) mass is 469 g/mol. The minimum Gasteiger partial charge on any atom is -0.497 e. The maximum absolute atomic E-state index is 14.6. The minimum absolute atomic E-state index is 0.00905. The predicted octanol–water partition coefficient (Wildman–Crippen LogP) is 3.06. The van der Waals surface area contributed by atoms with E-state index in [0.29, 0.717) is 36.4 Å². The first kappa shape index (κ1) is 22.9. The van der Waals surface area contributed by atoms with E-state index in [4.69, 9.17) is 18.9 Å². The Morgan fingerprint density at radius 3 is 2.88 bits per heavy atom. The van der Waals surface area contributed by atoms with Crippen LogP contribution in [0.5, 0.6) is 11.5 Å². The molecule has 0 amide bonds. The quantitative estimate of drug-likeness (QED) is 0.545. The molecule has 180 valence electrons. The second kappa shape index (κ2) is 10.2. The highest BCUT2D eigenvalue weighted by Crippen LogP contribution is 2.32. The number of rotatable bonds is 7. The van der Waals surface area contributed by atoms with Gasteiger partial charge in [0.15, 0.2) is 6.29 Å². The molecule has 9 heteroatoms. The van der Waals surface area contributed by atoms with E-state index < -0.39 is 18.2 Å². The van der Waals surface area contributed by atoms with Crippen molar-refractivity contribution < 1.29 is 28.4 Å². The van der Waals surface area contributed by atoms with E-state index in [2.05, 4.69) is 21.4 Å². The maximum Gasteiger partial charge on any atom is 0.160 e. The summed E-state index contributed by atoms with van der Waals surface area (Å²) in [5.41, 5.74) is 2.88. The molecular formula is C25H28FN3O5. The molecule has 0 saturated carbocycles. The van der Waals surface area contributed by atoms with E-state index in [1.807, 2.05) is 0 Å². The van der Waals surface area contributed by atoms with Crippen LogP contribution >= 0.6 is 0 Å². The van der Waals surface area contributed by atoms with Crippen LogP contribution in [0.15, 0.2) is 36.7 Å². The van der Waals surface area contributed by atoms with Gasteiger partial charge < -0.3 is 29.4 Å². The third-order valence-corrected chi connectivity index (χ3v) is 6.21. The molecule has 0 bridgehead atoms. The van der Waals surface area contributed by atoms with Gasteiger partial charge in [0.2, 0.25) is 0 Å². The molecule has 1 saturated heterocycles. The Hall–Kier alpha value is -2.85. The van der Waals surface area contributed by atoms with Gasteiger partial charge in [-0.05, 0) is 42.7 Å². The highest BCUT2D eigenvalue weighted by atomic mass is 19.1. The third kappa shape index (κ3) is 4.97. The third-order valence-electron chi connectivity index (χ3n) is 6.21. The van der Waals surface area contributed by atoms with E-state index in [0.717, 1.165) is 37.1 Å². The lowest BCUT2D eigenvalue weighted by molar-refractivity contribution is -0.202. The summed E-state index contributed by atoms with van der Waals surface area (Å²) in [4.78, 5) is 8.56. The molecule has 3 aromatic rings. The number of pyridine rings is 2. The topological polar surface area (TPSA) is 95.0 Å². The van der Waals surface area contributed by atoms with Crippen molar-refractivity contribution in [2.75, 3.05) is 26.9 Å². The smallest absolute Gasteiger partial charge is 0.160 e. The second-order valence-electron chi connectivity index (χ2n) is 8.56. The Morgan fingerprint density at radius 1 is 1.21 bits per heavy atom. The Morgan fingerprint density at radius 2 is 2.06 bits per heavy atom. The fourth-order valence-electron chi connectivity index (χ4n) is 4.38. The normalized spacial score (nSPS) is 21.0. The van der Waals surface area contributed by atoms with Crippen molar-refractivity contribution in [2.24, 2.45) is 0 Å². The summed E-state index contributed by atoms with van der Waals surface area (Å²) in [5.74, 6) is 0.859. The Bertz CT molecular complexity index is 1150. The predicted molar refractivity (Wildman–Crippen MR) is 122 cm³/mol.